The predicted molar refractivity (Wildman–Crippen MR) is 104 cm³/mol. The quantitative estimate of drug-likeness (QED) is 0.820. The molecule has 0 radical (unpaired) electrons. The molecule has 0 saturated carbocycles. The summed E-state index contributed by atoms with van der Waals surface area (Å²) in [5.74, 6) is -0.595. The van der Waals surface area contributed by atoms with Crippen LogP contribution in [0.2, 0.25) is 0 Å². The van der Waals surface area contributed by atoms with Gasteiger partial charge in [-0.05, 0) is 42.7 Å². The summed E-state index contributed by atoms with van der Waals surface area (Å²) < 4.78 is 40.8. The van der Waals surface area contributed by atoms with E-state index in [1.807, 2.05) is 31.0 Å². The molecule has 0 spiro atoms. The van der Waals surface area contributed by atoms with Gasteiger partial charge in [0.2, 0.25) is 5.91 Å². The standard InChI is InChI=1S/C21H24F3N3O2/c1-3-14(11-28)25-20(29)13-7-16-15-5-4-6-17-19(15)12(8-18(16)26(2)9-13)10-27(17)21(22,23)24/h4-7,10,13-14,18,28H,3,8-9,11H2,1-2H3,(H,25,29). The van der Waals surface area contributed by atoms with Crippen LogP contribution in [0.5, 0.6) is 0 Å². The molecule has 2 N–H and O–H groups in total. The molecular weight excluding hydrogens is 383 g/mol. The number of nitrogens with one attached hydrogen (secondary N) is 1. The highest BCUT2D eigenvalue weighted by Gasteiger charge is 2.39. The fourth-order valence-electron chi connectivity index (χ4n) is 4.52. The van der Waals surface area contributed by atoms with Crippen molar-refractivity contribution in [2.75, 3.05) is 20.2 Å². The lowest BCUT2D eigenvalue weighted by Crippen LogP contribution is -2.48. The minimum atomic E-state index is -4.48. The zero-order valence-electron chi connectivity index (χ0n) is 16.3. The van der Waals surface area contributed by atoms with Gasteiger partial charge in [-0.2, -0.15) is 0 Å². The minimum absolute atomic E-state index is 0.0685. The second kappa shape index (κ2) is 7.18. The molecule has 1 aromatic heterocycles. The molecule has 0 saturated heterocycles. The van der Waals surface area contributed by atoms with Gasteiger partial charge < -0.3 is 10.4 Å². The fourth-order valence-corrected chi connectivity index (χ4v) is 4.52. The van der Waals surface area contributed by atoms with Crippen LogP contribution in [0.4, 0.5) is 13.2 Å². The van der Waals surface area contributed by atoms with Crippen molar-refractivity contribution in [3.63, 3.8) is 0 Å². The van der Waals surface area contributed by atoms with Gasteiger partial charge in [-0.15, -0.1) is 13.2 Å². The van der Waals surface area contributed by atoms with E-state index in [1.54, 1.807) is 6.07 Å². The van der Waals surface area contributed by atoms with E-state index in [2.05, 4.69) is 5.32 Å². The molecule has 29 heavy (non-hydrogen) atoms. The largest absolute Gasteiger partial charge is 0.488 e. The number of nitrogens with zero attached hydrogens (tertiary/aromatic N) is 2. The topological polar surface area (TPSA) is 57.5 Å². The van der Waals surface area contributed by atoms with Crippen molar-refractivity contribution in [2.45, 2.75) is 38.1 Å². The summed E-state index contributed by atoms with van der Waals surface area (Å²) in [4.78, 5) is 14.8. The Bertz CT molecular complexity index is 975. The van der Waals surface area contributed by atoms with E-state index in [-0.39, 0.29) is 30.1 Å². The first-order valence-corrected chi connectivity index (χ1v) is 9.78. The van der Waals surface area contributed by atoms with Gasteiger partial charge in [0.15, 0.2) is 0 Å². The van der Waals surface area contributed by atoms with E-state index in [9.17, 15) is 23.1 Å². The number of likely N-dealkylation sites (N-methyl/N-ethyl adjacent to an activating group) is 1. The van der Waals surface area contributed by atoms with Crippen molar-refractivity contribution >= 4 is 22.4 Å². The summed E-state index contributed by atoms with van der Waals surface area (Å²) in [7, 11) is 1.90. The number of rotatable bonds is 4. The van der Waals surface area contributed by atoms with Crippen LogP contribution in [0.1, 0.15) is 24.5 Å². The highest BCUT2D eigenvalue weighted by Crippen LogP contribution is 2.43. The van der Waals surface area contributed by atoms with E-state index in [1.165, 1.54) is 12.3 Å². The van der Waals surface area contributed by atoms with Crippen LogP contribution >= 0.6 is 0 Å². The van der Waals surface area contributed by atoms with E-state index in [4.69, 9.17) is 0 Å². The molecule has 3 unspecified atom stereocenters. The number of alkyl halides is 3. The van der Waals surface area contributed by atoms with Gasteiger partial charge >= 0.3 is 6.30 Å². The Morgan fingerprint density at radius 1 is 1.38 bits per heavy atom. The number of aliphatic hydroxyl groups excluding tert-OH is 1. The number of hydrogen-bond acceptors (Lipinski definition) is 3. The summed E-state index contributed by atoms with van der Waals surface area (Å²) >= 11 is 0. The van der Waals surface area contributed by atoms with Gasteiger partial charge in [0.05, 0.1) is 24.1 Å². The number of halogens is 3. The normalized spacial score (nSPS) is 22.9. The second-order valence-electron chi connectivity index (χ2n) is 7.88. The number of aliphatic hydroxyl groups is 1. The zero-order chi connectivity index (χ0) is 20.9. The van der Waals surface area contributed by atoms with Crippen molar-refractivity contribution in [1.82, 2.24) is 14.8 Å². The molecule has 3 atom stereocenters. The van der Waals surface area contributed by atoms with E-state index in [0.29, 0.717) is 34.9 Å². The van der Waals surface area contributed by atoms with Gasteiger partial charge in [-0.1, -0.05) is 25.1 Å². The van der Waals surface area contributed by atoms with Crippen molar-refractivity contribution in [3.8, 4) is 0 Å². The summed E-state index contributed by atoms with van der Waals surface area (Å²) in [5, 5.41) is 12.8. The molecule has 5 nitrogen and oxygen atoms in total. The number of hydrogen-bond donors (Lipinski definition) is 2. The van der Waals surface area contributed by atoms with Crippen molar-refractivity contribution in [2.24, 2.45) is 5.92 Å². The molecule has 1 aliphatic carbocycles. The minimum Gasteiger partial charge on any atom is -0.394 e. The van der Waals surface area contributed by atoms with Gasteiger partial charge in [0.25, 0.3) is 0 Å². The monoisotopic (exact) mass is 407 g/mol. The first-order chi connectivity index (χ1) is 13.7. The summed E-state index contributed by atoms with van der Waals surface area (Å²) in [6.45, 7) is 2.24. The lowest BCUT2D eigenvalue weighted by molar-refractivity contribution is -0.200. The SMILES string of the molecule is CCC(CO)NC(=O)C1C=C2c3cccc4c3c(cn4C(F)(F)F)CC2N(C)C1. The summed E-state index contributed by atoms with van der Waals surface area (Å²) in [6, 6.07) is 4.59. The highest BCUT2D eigenvalue weighted by molar-refractivity contribution is 5.99. The van der Waals surface area contributed by atoms with Gasteiger partial charge in [-0.3, -0.25) is 14.3 Å². The Kier molecular flexibility index (Phi) is 4.94. The molecule has 2 aliphatic rings. The molecule has 4 rings (SSSR count). The van der Waals surface area contributed by atoms with Crippen molar-refractivity contribution in [1.29, 1.82) is 0 Å². The average Bonchev–Trinajstić information content (AvgIpc) is 3.07. The molecule has 156 valence electrons. The fraction of sp³-hybridized carbons (Fsp3) is 0.476. The van der Waals surface area contributed by atoms with Crippen LogP contribution in [0.3, 0.4) is 0 Å². The van der Waals surface area contributed by atoms with Crippen LogP contribution in [-0.2, 0) is 17.5 Å². The maximum absolute atomic E-state index is 13.5. The lowest BCUT2D eigenvalue weighted by atomic mass is 9.80. The molecule has 8 heteroatoms. The van der Waals surface area contributed by atoms with E-state index >= 15 is 0 Å². The van der Waals surface area contributed by atoms with Crippen molar-refractivity contribution in [3.05, 3.63) is 41.6 Å². The van der Waals surface area contributed by atoms with Crippen LogP contribution in [-0.4, -0.2) is 52.8 Å². The van der Waals surface area contributed by atoms with Crippen LogP contribution in [0, 0.1) is 5.92 Å². The molecule has 1 aliphatic heterocycles. The molecular formula is C21H24F3N3O2. The predicted octanol–water partition coefficient (Wildman–Crippen LogP) is 2.87. The van der Waals surface area contributed by atoms with Gasteiger partial charge in [0, 0.05) is 24.2 Å². The smallest absolute Gasteiger partial charge is 0.394 e. The Morgan fingerprint density at radius 3 is 2.79 bits per heavy atom. The number of carbonyl (C=O) groups is 1. The number of benzene rings is 1. The van der Waals surface area contributed by atoms with Gasteiger partial charge in [0.1, 0.15) is 0 Å². The second-order valence-corrected chi connectivity index (χ2v) is 7.88. The summed E-state index contributed by atoms with van der Waals surface area (Å²) in [5.41, 5.74) is 2.48. The number of carbonyl (C=O) groups excluding carboxylic acids is 1. The maximum Gasteiger partial charge on any atom is 0.488 e. The molecule has 0 bridgehead atoms. The van der Waals surface area contributed by atoms with Crippen molar-refractivity contribution < 1.29 is 23.1 Å². The molecule has 1 aromatic carbocycles. The molecule has 2 aromatic rings. The zero-order valence-corrected chi connectivity index (χ0v) is 16.3. The van der Waals surface area contributed by atoms with Crippen LogP contribution in [0.15, 0.2) is 30.5 Å². The van der Waals surface area contributed by atoms with Crippen LogP contribution in [0.25, 0.3) is 16.5 Å². The third-order valence-corrected chi connectivity index (χ3v) is 6.06. The Labute approximate surface area is 166 Å². The average molecular weight is 407 g/mol. The molecule has 1 amide bonds. The number of aromatic nitrogens is 1. The third-order valence-electron chi connectivity index (χ3n) is 6.06. The molecule has 2 heterocycles. The summed E-state index contributed by atoms with van der Waals surface area (Å²) in [6.07, 6.45) is -0.288. The maximum atomic E-state index is 13.5. The molecule has 0 fully saturated rings. The number of fused-ring (bicyclic) bond motifs is 2. The highest BCUT2D eigenvalue weighted by atomic mass is 19.4. The third kappa shape index (κ3) is 3.34. The lowest BCUT2D eigenvalue weighted by Gasteiger charge is -2.39. The number of amides is 1. The van der Waals surface area contributed by atoms with E-state index < -0.39 is 12.2 Å². The van der Waals surface area contributed by atoms with E-state index in [0.717, 1.165) is 11.1 Å². The Balaban J connectivity index is 1.78. The van der Waals surface area contributed by atoms with Gasteiger partial charge in [-0.25, -0.2) is 0 Å². The Hall–Kier alpha value is -2.32. The first kappa shape index (κ1) is 20.0. The Morgan fingerprint density at radius 2 is 2.14 bits per heavy atom. The first-order valence-electron chi connectivity index (χ1n) is 9.78. The van der Waals surface area contributed by atoms with Crippen LogP contribution < -0.4 is 5.32 Å².